The summed E-state index contributed by atoms with van der Waals surface area (Å²) >= 11 is 0. The lowest BCUT2D eigenvalue weighted by Crippen LogP contribution is -2.57. The molecule has 1 aromatic rings. The van der Waals surface area contributed by atoms with E-state index in [4.69, 9.17) is 0 Å². The second-order valence-electron chi connectivity index (χ2n) is 9.80. The Labute approximate surface area is 205 Å². The fourth-order valence-electron chi connectivity index (χ4n) is 4.71. The van der Waals surface area contributed by atoms with Gasteiger partial charge in [0.15, 0.2) is 0 Å². The van der Waals surface area contributed by atoms with E-state index in [1.54, 1.807) is 12.1 Å². The molecule has 0 aliphatic carbocycles. The molecule has 4 unspecified atom stereocenters. The molecule has 0 saturated carbocycles. The first-order valence-corrected chi connectivity index (χ1v) is 12.3. The fourth-order valence-corrected chi connectivity index (χ4v) is 4.71. The van der Waals surface area contributed by atoms with Crippen LogP contribution in [-0.4, -0.2) is 76.1 Å². The topological polar surface area (TPSA) is 148 Å². The fraction of sp³-hybridized carbons (Fsp3) is 0.600. The number of carbonyl (C=O) groups excluding carboxylic acids is 3. The average Bonchev–Trinajstić information content (AvgIpc) is 3.51. The molecule has 0 aromatic heterocycles. The molecule has 4 atom stereocenters. The number of phenolic OH excluding ortho intramolecular Hbond substituents is 1. The maximum atomic E-state index is 13.5. The van der Waals surface area contributed by atoms with Crippen molar-refractivity contribution in [1.82, 2.24) is 20.9 Å². The number of nitrogens with zero attached hydrogens (tertiary/aromatic N) is 1. The largest absolute Gasteiger partial charge is 0.508 e. The molecular weight excluding hydrogens is 452 g/mol. The molecule has 10 heteroatoms. The standard InChI is InChI=1S/C25H36N4O6/c1-15(2)13-19(27-22(31)18-5-3-11-26-18)24(33)29-12-4-6-21(29)23(32)28-20(25(34)35)14-16-7-9-17(30)10-8-16/h7-10,15,18-21,26,30H,3-6,11-14H2,1-2H3,(H,27,31)(H,28,32)(H,34,35). The summed E-state index contributed by atoms with van der Waals surface area (Å²) in [4.78, 5) is 52.5. The van der Waals surface area contributed by atoms with Crippen LogP contribution in [0.25, 0.3) is 0 Å². The van der Waals surface area contributed by atoms with E-state index in [0.717, 1.165) is 19.4 Å². The number of benzene rings is 1. The van der Waals surface area contributed by atoms with Crippen LogP contribution in [0.3, 0.4) is 0 Å². The van der Waals surface area contributed by atoms with Gasteiger partial charge in [-0.25, -0.2) is 4.79 Å². The number of carboxylic acid groups (broad SMARTS) is 1. The number of likely N-dealkylation sites (tertiary alicyclic amines) is 1. The number of hydrogen-bond acceptors (Lipinski definition) is 6. The van der Waals surface area contributed by atoms with E-state index in [1.807, 2.05) is 13.8 Å². The van der Waals surface area contributed by atoms with Gasteiger partial charge in [0.1, 0.15) is 23.9 Å². The molecule has 5 N–H and O–H groups in total. The molecule has 0 bridgehead atoms. The predicted octanol–water partition coefficient (Wildman–Crippen LogP) is 0.778. The van der Waals surface area contributed by atoms with Crippen LogP contribution in [-0.2, 0) is 25.6 Å². The third kappa shape index (κ3) is 7.17. The van der Waals surface area contributed by atoms with Crippen LogP contribution in [0.2, 0.25) is 0 Å². The number of carbonyl (C=O) groups is 4. The molecule has 2 fully saturated rings. The summed E-state index contributed by atoms with van der Waals surface area (Å²) in [5.74, 6) is -2.01. The smallest absolute Gasteiger partial charge is 0.326 e. The number of rotatable bonds is 10. The second kappa shape index (κ2) is 12.0. The zero-order chi connectivity index (χ0) is 25.5. The quantitative estimate of drug-likeness (QED) is 0.327. The molecule has 192 valence electrons. The number of amides is 3. The summed E-state index contributed by atoms with van der Waals surface area (Å²) in [6, 6.07) is 3.08. The highest BCUT2D eigenvalue weighted by atomic mass is 16.4. The molecule has 0 spiro atoms. The SMILES string of the molecule is CC(C)CC(NC(=O)C1CCCN1)C(=O)N1CCCC1C(=O)NC(Cc1ccc(O)cc1)C(=O)O. The van der Waals surface area contributed by atoms with Gasteiger partial charge in [-0.05, 0) is 62.3 Å². The number of aliphatic carboxylic acids is 1. The average molecular weight is 489 g/mol. The van der Waals surface area contributed by atoms with Crippen molar-refractivity contribution in [3.63, 3.8) is 0 Å². The van der Waals surface area contributed by atoms with E-state index in [2.05, 4.69) is 16.0 Å². The van der Waals surface area contributed by atoms with Gasteiger partial charge in [0.2, 0.25) is 17.7 Å². The van der Waals surface area contributed by atoms with Gasteiger partial charge in [0.05, 0.1) is 6.04 Å². The van der Waals surface area contributed by atoms with Gasteiger partial charge in [0.25, 0.3) is 0 Å². The van der Waals surface area contributed by atoms with Gasteiger partial charge in [-0.1, -0.05) is 26.0 Å². The molecule has 1 aromatic carbocycles. The zero-order valence-corrected chi connectivity index (χ0v) is 20.3. The molecule has 2 aliphatic rings. The van der Waals surface area contributed by atoms with Gasteiger partial charge in [-0.3, -0.25) is 14.4 Å². The molecule has 2 saturated heterocycles. The minimum atomic E-state index is -1.18. The highest BCUT2D eigenvalue weighted by Gasteiger charge is 2.39. The maximum Gasteiger partial charge on any atom is 0.326 e. The Morgan fingerprint density at radius 3 is 2.31 bits per heavy atom. The summed E-state index contributed by atoms with van der Waals surface area (Å²) in [5, 5.41) is 27.7. The number of hydrogen-bond donors (Lipinski definition) is 5. The van der Waals surface area contributed by atoms with E-state index in [0.29, 0.717) is 31.4 Å². The van der Waals surface area contributed by atoms with E-state index < -0.39 is 30.0 Å². The Morgan fingerprint density at radius 1 is 1.03 bits per heavy atom. The first-order valence-electron chi connectivity index (χ1n) is 12.3. The van der Waals surface area contributed by atoms with Crippen molar-refractivity contribution in [3.05, 3.63) is 29.8 Å². The second-order valence-corrected chi connectivity index (χ2v) is 9.80. The van der Waals surface area contributed by atoms with Crippen molar-refractivity contribution < 1.29 is 29.4 Å². The van der Waals surface area contributed by atoms with Gasteiger partial charge >= 0.3 is 5.97 Å². The summed E-state index contributed by atoms with van der Waals surface area (Å²) in [6.07, 6.45) is 3.16. The Hall–Kier alpha value is -3.14. The highest BCUT2D eigenvalue weighted by molar-refractivity contribution is 5.94. The van der Waals surface area contributed by atoms with E-state index in [1.165, 1.54) is 17.0 Å². The molecule has 3 amide bonds. The van der Waals surface area contributed by atoms with Crippen LogP contribution in [0, 0.1) is 5.92 Å². The predicted molar refractivity (Wildman–Crippen MR) is 129 cm³/mol. The van der Waals surface area contributed by atoms with E-state index in [-0.39, 0.29) is 35.9 Å². The van der Waals surface area contributed by atoms with E-state index in [9.17, 15) is 29.4 Å². The van der Waals surface area contributed by atoms with Crippen LogP contribution in [0.4, 0.5) is 0 Å². The zero-order valence-electron chi connectivity index (χ0n) is 20.3. The molecule has 0 radical (unpaired) electrons. The maximum absolute atomic E-state index is 13.5. The molecule has 2 heterocycles. The van der Waals surface area contributed by atoms with E-state index >= 15 is 0 Å². The minimum absolute atomic E-state index is 0.0441. The summed E-state index contributed by atoms with van der Waals surface area (Å²) in [7, 11) is 0. The van der Waals surface area contributed by atoms with Crippen molar-refractivity contribution >= 4 is 23.7 Å². The van der Waals surface area contributed by atoms with Crippen molar-refractivity contribution in [2.75, 3.05) is 13.1 Å². The number of aromatic hydroxyl groups is 1. The number of nitrogens with one attached hydrogen (secondary N) is 3. The lowest BCUT2D eigenvalue weighted by Gasteiger charge is -2.30. The van der Waals surface area contributed by atoms with Gasteiger partial charge in [0, 0.05) is 13.0 Å². The Bertz CT molecular complexity index is 913. The first kappa shape index (κ1) is 26.5. The van der Waals surface area contributed by atoms with Crippen LogP contribution >= 0.6 is 0 Å². The molecular formula is C25H36N4O6. The molecule has 3 rings (SSSR count). The third-order valence-corrected chi connectivity index (χ3v) is 6.53. The molecule has 2 aliphatic heterocycles. The van der Waals surface area contributed by atoms with Crippen molar-refractivity contribution in [3.8, 4) is 5.75 Å². The lowest BCUT2D eigenvalue weighted by molar-refractivity contribution is -0.145. The molecule has 35 heavy (non-hydrogen) atoms. The van der Waals surface area contributed by atoms with Crippen molar-refractivity contribution in [2.24, 2.45) is 5.92 Å². The Kier molecular flexibility index (Phi) is 9.08. The monoisotopic (exact) mass is 488 g/mol. The molecule has 10 nitrogen and oxygen atoms in total. The van der Waals surface area contributed by atoms with Crippen LogP contribution in [0.1, 0.15) is 51.5 Å². The van der Waals surface area contributed by atoms with Crippen LogP contribution in [0.5, 0.6) is 5.75 Å². The number of phenols is 1. The summed E-state index contributed by atoms with van der Waals surface area (Å²) < 4.78 is 0. The van der Waals surface area contributed by atoms with Crippen molar-refractivity contribution in [2.45, 2.75) is 76.5 Å². The number of carboxylic acids is 1. The van der Waals surface area contributed by atoms with Gasteiger partial charge < -0.3 is 31.1 Å². The van der Waals surface area contributed by atoms with Gasteiger partial charge in [-0.2, -0.15) is 0 Å². The van der Waals surface area contributed by atoms with Crippen LogP contribution < -0.4 is 16.0 Å². The summed E-state index contributed by atoms with van der Waals surface area (Å²) in [5.41, 5.74) is 0.648. The highest BCUT2D eigenvalue weighted by Crippen LogP contribution is 2.21. The Balaban J connectivity index is 1.68. The Morgan fingerprint density at radius 2 is 1.71 bits per heavy atom. The van der Waals surface area contributed by atoms with Crippen LogP contribution in [0.15, 0.2) is 24.3 Å². The lowest BCUT2D eigenvalue weighted by atomic mass is 10.0. The minimum Gasteiger partial charge on any atom is -0.508 e. The third-order valence-electron chi connectivity index (χ3n) is 6.53. The van der Waals surface area contributed by atoms with Crippen molar-refractivity contribution in [1.29, 1.82) is 0 Å². The van der Waals surface area contributed by atoms with Gasteiger partial charge in [-0.15, -0.1) is 0 Å². The first-order chi connectivity index (χ1) is 16.7. The normalized spacial score (nSPS) is 21.5. The summed E-state index contributed by atoms with van der Waals surface area (Å²) in [6.45, 7) is 5.08.